The fourth-order valence-electron chi connectivity index (χ4n) is 2.05. The number of hydrogen-bond acceptors (Lipinski definition) is 3. The highest BCUT2D eigenvalue weighted by atomic mass is 16.5. The summed E-state index contributed by atoms with van der Waals surface area (Å²) in [6.45, 7) is 3.24. The van der Waals surface area contributed by atoms with Crippen molar-refractivity contribution in [3.05, 3.63) is 0 Å². The molecule has 2 heterocycles. The van der Waals surface area contributed by atoms with E-state index < -0.39 is 5.97 Å². The molecule has 0 saturated carbocycles. The average molecular weight is 171 g/mol. The fourth-order valence-corrected chi connectivity index (χ4v) is 2.05. The van der Waals surface area contributed by atoms with Crippen LogP contribution in [0, 0.1) is 0 Å². The SMILES string of the molecule is C[C@@H](C(=O)O)N1C[C@H]2C[C@H]1CO2. The molecule has 1 N–H and O–H groups in total. The van der Waals surface area contributed by atoms with Crippen molar-refractivity contribution < 1.29 is 14.6 Å². The number of likely N-dealkylation sites (tertiary alicyclic amines) is 1. The van der Waals surface area contributed by atoms with Crippen molar-refractivity contribution in [2.24, 2.45) is 0 Å². The van der Waals surface area contributed by atoms with Crippen LogP contribution >= 0.6 is 0 Å². The van der Waals surface area contributed by atoms with Crippen molar-refractivity contribution in [2.45, 2.75) is 31.5 Å². The largest absolute Gasteiger partial charge is 0.480 e. The van der Waals surface area contributed by atoms with Crippen LogP contribution in [-0.4, -0.2) is 47.3 Å². The summed E-state index contributed by atoms with van der Waals surface area (Å²) in [5.41, 5.74) is 0. The molecule has 68 valence electrons. The second kappa shape index (κ2) is 2.71. The van der Waals surface area contributed by atoms with E-state index >= 15 is 0 Å². The molecule has 0 spiro atoms. The smallest absolute Gasteiger partial charge is 0.320 e. The van der Waals surface area contributed by atoms with Crippen molar-refractivity contribution in [2.75, 3.05) is 13.2 Å². The van der Waals surface area contributed by atoms with Gasteiger partial charge in [0.05, 0.1) is 12.7 Å². The normalized spacial score (nSPS) is 37.1. The molecule has 3 atom stereocenters. The molecule has 0 aromatic carbocycles. The lowest BCUT2D eigenvalue weighted by Crippen LogP contribution is -2.46. The molecule has 0 unspecified atom stereocenters. The van der Waals surface area contributed by atoms with Gasteiger partial charge in [0.25, 0.3) is 0 Å². The third kappa shape index (κ3) is 1.11. The minimum Gasteiger partial charge on any atom is -0.480 e. The highest BCUT2D eigenvalue weighted by molar-refractivity contribution is 5.73. The maximum Gasteiger partial charge on any atom is 0.320 e. The first-order valence-electron chi connectivity index (χ1n) is 4.28. The van der Waals surface area contributed by atoms with E-state index in [0.717, 1.165) is 13.0 Å². The Balaban J connectivity index is 2.02. The molecule has 4 heteroatoms. The van der Waals surface area contributed by atoms with E-state index in [4.69, 9.17) is 9.84 Å². The first-order chi connectivity index (χ1) is 5.68. The number of fused-ring (bicyclic) bond motifs is 2. The Morgan fingerprint density at radius 1 is 1.75 bits per heavy atom. The lowest BCUT2D eigenvalue weighted by Gasteiger charge is -2.29. The molecule has 0 radical (unpaired) electrons. The standard InChI is InChI=1S/C8H13NO3/c1-5(8(10)11)9-3-7-2-6(9)4-12-7/h5-7H,2-4H2,1H3,(H,10,11)/t5-,6-,7+/m0/s1. The lowest BCUT2D eigenvalue weighted by molar-refractivity contribution is -0.144. The van der Waals surface area contributed by atoms with Crippen LogP contribution in [0.1, 0.15) is 13.3 Å². The van der Waals surface area contributed by atoms with Crippen molar-refractivity contribution in [1.29, 1.82) is 0 Å². The van der Waals surface area contributed by atoms with Gasteiger partial charge in [0.1, 0.15) is 6.04 Å². The van der Waals surface area contributed by atoms with Crippen molar-refractivity contribution >= 4 is 5.97 Å². The lowest BCUT2D eigenvalue weighted by atomic mass is 10.2. The number of hydrogen-bond donors (Lipinski definition) is 1. The quantitative estimate of drug-likeness (QED) is 0.632. The Kier molecular flexibility index (Phi) is 1.81. The molecular weight excluding hydrogens is 158 g/mol. The summed E-state index contributed by atoms with van der Waals surface area (Å²) in [5, 5.41) is 8.79. The summed E-state index contributed by atoms with van der Waals surface area (Å²) >= 11 is 0. The van der Waals surface area contributed by atoms with E-state index in [1.807, 2.05) is 4.90 Å². The molecule has 12 heavy (non-hydrogen) atoms. The molecule has 0 aliphatic carbocycles. The molecule has 2 rings (SSSR count). The number of aliphatic carboxylic acids is 1. The summed E-state index contributed by atoms with van der Waals surface area (Å²) < 4.78 is 5.38. The molecule has 4 nitrogen and oxygen atoms in total. The Bertz CT molecular complexity index is 206. The predicted octanol–water partition coefficient (Wildman–Crippen LogP) is -0.0674. The molecular formula is C8H13NO3. The molecule has 2 saturated heterocycles. The molecule has 2 bridgehead atoms. The maximum absolute atomic E-state index is 10.7. The van der Waals surface area contributed by atoms with Crippen LogP contribution in [0.25, 0.3) is 0 Å². The van der Waals surface area contributed by atoms with Crippen LogP contribution in [-0.2, 0) is 9.53 Å². The summed E-state index contributed by atoms with van der Waals surface area (Å²) in [6.07, 6.45) is 1.30. The Morgan fingerprint density at radius 3 is 2.92 bits per heavy atom. The van der Waals surface area contributed by atoms with Gasteiger partial charge in [-0.2, -0.15) is 0 Å². The van der Waals surface area contributed by atoms with Gasteiger partial charge in [-0.25, -0.2) is 0 Å². The summed E-state index contributed by atoms with van der Waals surface area (Å²) in [5.74, 6) is -0.734. The average Bonchev–Trinajstić information content (AvgIpc) is 2.62. The van der Waals surface area contributed by atoms with E-state index in [0.29, 0.717) is 12.6 Å². The number of rotatable bonds is 2. The molecule has 2 fully saturated rings. The van der Waals surface area contributed by atoms with E-state index in [-0.39, 0.29) is 12.1 Å². The van der Waals surface area contributed by atoms with Crippen molar-refractivity contribution in [3.63, 3.8) is 0 Å². The molecule has 2 aliphatic heterocycles. The van der Waals surface area contributed by atoms with Crippen LogP contribution < -0.4 is 0 Å². The Hall–Kier alpha value is -0.610. The van der Waals surface area contributed by atoms with Gasteiger partial charge >= 0.3 is 5.97 Å². The number of carboxylic acids is 1. The summed E-state index contributed by atoms with van der Waals surface area (Å²) in [4.78, 5) is 12.7. The Labute approximate surface area is 71.1 Å². The van der Waals surface area contributed by atoms with Gasteiger partial charge in [0.15, 0.2) is 0 Å². The van der Waals surface area contributed by atoms with Gasteiger partial charge in [-0.3, -0.25) is 9.69 Å². The zero-order valence-electron chi connectivity index (χ0n) is 7.06. The van der Waals surface area contributed by atoms with Crippen LogP contribution in [0.4, 0.5) is 0 Å². The number of morpholine rings is 1. The maximum atomic E-state index is 10.7. The topological polar surface area (TPSA) is 49.8 Å². The van der Waals surface area contributed by atoms with E-state index in [2.05, 4.69) is 0 Å². The molecule has 0 aromatic rings. The molecule has 0 aromatic heterocycles. The van der Waals surface area contributed by atoms with Crippen LogP contribution in [0.3, 0.4) is 0 Å². The van der Waals surface area contributed by atoms with Gasteiger partial charge in [-0.15, -0.1) is 0 Å². The Morgan fingerprint density at radius 2 is 2.50 bits per heavy atom. The van der Waals surface area contributed by atoms with Gasteiger partial charge in [0, 0.05) is 12.6 Å². The highest BCUT2D eigenvalue weighted by Gasteiger charge is 2.42. The highest BCUT2D eigenvalue weighted by Crippen LogP contribution is 2.29. The van der Waals surface area contributed by atoms with Crippen LogP contribution in [0.2, 0.25) is 0 Å². The van der Waals surface area contributed by atoms with E-state index in [1.54, 1.807) is 6.92 Å². The van der Waals surface area contributed by atoms with E-state index in [1.165, 1.54) is 0 Å². The monoisotopic (exact) mass is 171 g/mol. The second-order valence-corrected chi connectivity index (χ2v) is 3.56. The summed E-state index contributed by atoms with van der Waals surface area (Å²) in [6, 6.07) is -0.00926. The zero-order valence-corrected chi connectivity index (χ0v) is 7.06. The number of ether oxygens (including phenoxy) is 1. The van der Waals surface area contributed by atoms with Crippen molar-refractivity contribution in [3.8, 4) is 0 Å². The molecule has 2 aliphatic rings. The number of carbonyl (C=O) groups is 1. The minimum atomic E-state index is -0.734. The van der Waals surface area contributed by atoms with Crippen LogP contribution in [0.5, 0.6) is 0 Å². The number of carboxylic acid groups (broad SMARTS) is 1. The van der Waals surface area contributed by atoms with Gasteiger partial charge in [-0.1, -0.05) is 0 Å². The van der Waals surface area contributed by atoms with Gasteiger partial charge in [-0.05, 0) is 13.3 Å². The third-order valence-electron chi connectivity index (χ3n) is 2.80. The van der Waals surface area contributed by atoms with Crippen LogP contribution in [0.15, 0.2) is 0 Å². The fraction of sp³-hybridized carbons (Fsp3) is 0.875. The van der Waals surface area contributed by atoms with Crippen molar-refractivity contribution in [1.82, 2.24) is 4.90 Å². The predicted molar refractivity (Wildman–Crippen MR) is 41.9 cm³/mol. The minimum absolute atomic E-state index is 0.289. The summed E-state index contributed by atoms with van der Waals surface area (Å²) in [7, 11) is 0. The van der Waals surface area contributed by atoms with E-state index in [9.17, 15) is 4.79 Å². The second-order valence-electron chi connectivity index (χ2n) is 3.56. The first kappa shape index (κ1) is 8.01. The first-order valence-corrected chi connectivity index (χ1v) is 4.28. The zero-order chi connectivity index (χ0) is 8.72. The number of nitrogens with zero attached hydrogens (tertiary/aromatic N) is 1. The third-order valence-corrected chi connectivity index (χ3v) is 2.80. The van der Waals surface area contributed by atoms with Gasteiger partial charge < -0.3 is 9.84 Å². The van der Waals surface area contributed by atoms with Gasteiger partial charge in [0.2, 0.25) is 0 Å². The molecule has 0 amide bonds.